The van der Waals surface area contributed by atoms with Crippen LogP contribution in [0, 0.1) is 0 Å². The molecule has 2 saturated heterocycles. The first kappa shape index (κ1) is 38.3. The van der Waals surface area contributed by atoms with Gasteiger partial charge in [-0.05, 0) is 56.3 Å². The van der Waals surface area contributed by atoms with Crippen LogP contribution in [0.4, 0.5) is 0 Å². The van der Waals surface area contributed by atoms with E-state index in [1.807, 2.05) is 42.5 Å². The number of aldehydes is 1. The van der Waals surface area contributed by atoms with Gasteiger partial charge in [-0.15, -0.1) is 6.58 Å². The summed E-state index contributed by atoms with van der Waals surface area (Å²) in [5.41, 5.74) is 3.51. The number of carbonyl (C=O) groups is 1. The van der Waals surface area contributed by atoms with Gasteiger partial charge in [-0.25, -0.2) is 19.9 Å². The van der Waals surface area contributed by atoms with Crippen LogP contribution in [0.5, 0.6) is 23.5 Å². The zero-order valence-corrected chi connectivity index (χ0v) is 29.0. The van der Waals surface area contributed by atoms with Crippen LogP contribution in [0.25, 0.3) is 6.08 Å². The lowest BCUT2D eigenvalue weighted by atomic mass is 10.0. The number of aromatic nitrogens is 4. The molecule has 0 spiro atoms. The quantitative estimate of drug-likeness (QED) is 0.161. The number of nitrogens with zero attached hydrogens (tertiary/aromatic N) is 5. The van der Waals surface area contributed by atoms with Gasteiger partial charge in [0.15, 0.2) is 6.29 Å². The molecule has 2 aliphatic heterocycles. The van der Waals surface area contributed by atoms with Crippen LogP contribution in [0.3, 0.4) is 0 Å². The van der Waals surface area contributed by atoms with Gasteiger partial charge in [-0.2, -0.15) is 0 Å². The smallest absolute Gasteiger partial charge is 0.213 e. The molecule has 11 heteroatoms. The Balaban J connectivity index is 0.000000181. The normalized spacial score (nSPS) is 16.2. The van der Waals surface area contributed by atoms with Gasteiger partial charge in [0.25, 0.3) is 0 Å². The molecule has 4 aromatic heterocycles. The second kappa shape index (κ2) is 21.7. The second-order valence-electron chi connectivity index (χ2n) is 11.0. The van der Waals surface area contributed by atoms with Crippen molar-refractivity contribution in [3.05, 3.63) is 115 Å². The summed E-state index contributed by atoms with van der Waals surface area (Å²) < 4.78 is 19.9. The predicted octanol–water partition coefficient (Wildman–Crippen LogP) is 5.87. The molecule has 0 aliphatic carbocycles. The molecule has 4 aromatic rings. The van der Waals surface area contributed by atoms with E-state index in [1.54, 1.807) is 51.7 Å². The molecule has 0 bridgehead atoms. The van der Waals surface area contributed by atoms with Gasteiger partial charge in [-0.1, -0.05) is 36.9 Å². The summed E-state index contributed by atoms with van der Waals surface area (Å²) >= 11 is 0. The van der Waals surface area contributed by atoms with Gasteiger partial charge < -0.3 is 24.3 Å². The minimum absolute atomic E-state index is 0.388. The largest absolute Gasteiger partial charge is 0.481 e. The van der Waals surface area contributed by atoms with Gasteiger partial charge in [0.2, 0.25) is 23.5 Å². The number of ether oxygens (including phenoxy) is 4. The van der Waals surface area contributed by atoms with Gasteiger partial charge in [0.1, 0.15) is 5.69 Å². The van der Waals surface area contributed by atoms with E-state index in [9.17, 15) is 4.79 Å². The van der Waals surface area contributed by atoms with Gasteiger partial charge in [0, 0.05) is 67.1 Å². The fraction of sp³-hybridized carbons (Fsp3) is 0.342. The van der Waals surface area contributed by atoms with E-state index in [0.717, 1.165) is 49.8 Å². The highest BCUT2D eigenvalue weighted by molar-refractivity contribution is 5.71. The summed E-state index contributed by atoms with van der Waals surface area (Å²) in [6.07, 6.45) is 6.68. The van der Waals surface area contributed by atoms with Crippen molar-refractivity contribution in [2.75, 3.05) is 61.2 Å². The number of methoxy groups -OCH3 is 4. The molecule has 6 rings (SSSR count). The molecule has 0 aromatic carbocycles. The van der Waals surface area contributed by atoms with E-state index >= 15 is 0 Å². The maximum Gasteiger partial charge on any atom is 0.213 e. The zero-order chi connectivity index (χ0) is 35.3. The summed E-state index contributed by atoms with van der Waals surface area (Å²) in [7, 11) is 6.41. The molecule has 2 fully saturated rings. The summed E-state index contributed by atoms with van der Waals surface area (Å²) in [4.78, 5) is 29.4. The van der Waals surface area contributed by atoms with Crippen LogP contribution in [0.15, 0.2) is 92.0 Å². The topological polar surface area (TPSA) is 121 Å². The van der Waals surface area contributed by atoms with Crippen molar-refractivity contribution in [1.29, 1.82) is 0 Å². The minimum Gasteiger partial charge on any atom is -0.481 e. The molecule has 11 nitrogen and oxygen atoms in total. The summed E-state index contributed by atoms with van der Waals surface area (Å²) in [5.74, 6) is 3.61. The molecule has 0 saturated carbocycles. The van der Waals surface area contributed by atoms with E-state index in [2.05, 4.69) is 55.4 Å². The molecule has 2 aliphatic rings. The van der Waals surface area contributed by atoms with E-state index < -0.39 is 0 Å². The number of pyridine rings is 4. The molecule has 6 heterocycles. The number of rotatable bonds is 10. The molecule has 2 atom stereocenters. The van der Waals surface area contributed by atoms with Crippen LogP contribution in [0.2, 0.25) is 0 Å². The number of likely N-dealkylation sites (tertiary alicyclic amines) is 1. The Labute approximate surface area is 290 Å². The highest BCUT2D eigenvalue weighted by atomic mass is 16.5. The third-order valence-corrected chi connectivity index (χ3v) is 7.70. The fourth-order valence-electron chi connectivity index (χ4n) is 5.14. The Morgan fingerprint density at radius 3 is 1.71 bits per heavy atom. The van der Waals surface area contributed by atoms with Crippen LogP contribution in [-0.4, -0.2) is 92.3 Å². The molecular weight excluding hydrogens is 620 g/mol. The van der Waals surface area contributed by atoms with Crippen molar-refractivity contribution in [2.45, 2.75) is 24.7 Å². The van der Waals surface area contributed by atoms with E-state index in [-0.39, 0.29) is 0 Å². The first-order chi connectivity index (χ1) is 24.0. The van der Waals surface area contributed by atoms with Crippen molar-refractivity contribution in [2.24, 2.45) is 0 Å². The average molecular weight is 669 g/mol. The number of nitrogens with one attached hydrogen (secondary N) is 1. The standard InChI is InChI=1S/C13H18N2O.C10H14N2O.C8H9NO.C7H7NO2/c1-3-8-15-9-7-11(10-15)12-5-4-6-13(14-12)16-2;1-13-10-4-2-3-9(12-10)8-5-6-11-7-8;1-3-7-5-4-6-8(9-7)10-2;1-10-7-4-2-3-6(5-9)8-7/h3-6,11H,1,7-10H2,2H3;2-4,8,11H,5-7H2,1H3;3-6H,1H2,2H3;2-5H,1H3. The fourth-order valence-corrected chi connectivity index (χ4v) is 5.14. The van der Waals surface area contributed by atoms with Crippen LogP contribution >= 0.6 is 0 Å². The highest BCUT2D eigenvalue weighted by Gasteiger charge is 2.24. The van der Waals surface area contributed by atoms with Gasteiger partial charge >= 0.3 is 0 Å². The van der Waals surface area contributed by atoms with Gasteiger partial charge in [0.05, 0.1) is 34.1 Å². The van der Waals surface area contributed by atoms with E-state index in [0.29, 0.717) is 47.3 Å². The average Bonchev–Trinajstić information content (AvgIpc) is 3.89. The van der Waals surface area contributed by atoms with E-state index in [1.165, 1.54) is 20.0 Å². The first-order valence-electron chi connectivity index (χ1n) is 16.1. The minimum atomic E-state index is 0.388. The van der Waals surface area contributed by atoms with Crippen molar-refractivity contribution in [1.82, 2.24) is 30.2 Å². The van der Waals surface area contributed by atoms with Crippen LogP contribution in [-0.2, 0) is 0 Å². The molecule has 0 radical (unpaired) electrons. The van der Waals surface area contributed by atoms with Crippen molar-refractivity contribution < 1.29 is 23.7 Å². The van der Waals surface area contributed by atoms with Crippen LogP contribution < -0.4 is 24.3 Å². The summed E-state index contributed by atoms with van der Waals surface area (Å²) in [5, 5.41) is 3.33. The molecular formula is C38H48N6O5. The third-order valence-electron chi connectivity index (χ3n) is 7.70. The monoisotopic (exact) mass is 668 g/mol. The number of hydrogen-bond acceptors (Lipinski definition) is 11. The van der Waals surface area contributed by atoms with E-state index in [4.69, 9.17) is 18.9 Å². The molecule has 49 heavy (non-hydrogen) atoms. The lowest BCUT2D eigenvalue weighted by Crippen LogP contribution is -2.20. The van der Waals surface area contributed by atoms with Crippen LogP contribution in [0.1, 0.15) is 52.2 Å². The molecule has 0 amide bonds. The maximum atomic E-state index is 10.2. The second-order valence-corrected chi connectivity index (χ2v) is 11.0. The maximum absolute atomic E-state index is 10.2. The van der Waals surface area contributed by atoms with Gasteiger partial charge in [-0.3, -0.25) is 9.69 Å². The van der Waals surface area contributed by atoms with Crippen molar-refractivity contribution in [3.63, 3.8) is 0 Å². The number of carbonyl (C=O) groups excluding carboxylic acids is 1. The van der Waals surface area contributed by atoms with Crippen molar-refractivity contribution >= 4 is 12.4 Å². The third kappa shape index (κ3) is 13.1. The first-order valence-corrected chi connectivity index (χ1v) is 16.1. The Kier molecular flexibility index (Phi) is 17.0. The Morgan fingerprint density at radius 2 is 1.22 bits per heavy atom. The summed E-state index contributed by atoms with van der Waals surface area (Å²) in [6, 6.07) is 22.5. The number of hydrogen-bond donors (Lipinski definition) is 1. The highest BCUT2D eigenvalue weighted by Crippen LogP contribution is 2.26. The summed E-state index contributed by atoms with van der Waals surface area (Å²) in [6.45, 7) is 12.7. The molecule has 2 unspecified atom stereocenters. The molecule has 1 N–H and O–H groups in total. The SMILES string of the molecule is C=CCN1CCC(c2cccc(OC)n2)C1.C=Cc1cccc(OC)n1.COc1cccc(C2CCNC2)n1.COc1cccc(C=O)n1. The predicted molar refractivity (Wildman–Crippen MR) is 193 cm³/mol. The Bertz CT molecular complexity index is 1530. The Morgan fingerprint density at radius 1 is 0.714 bits per heavy atom. The van der Waals surface area contributed by atoms with Crippen molar-refractivity contribution in [3.8, 4) is 23.5 Å². The zero-order valence-electron chi connectivity index (χ0n) is 29.0. The lowest BCUT2D eigenvalue weighted by molar-refractivity contribution is 0.111. The molecule has 260 valence electrons. The lowest BCUT2D eigenvalue weighted by Gasteiger charge is -2.13. The Hall–Kier alpha value is -5.13.